The van der Waals surface area contributed by atoms with E-state index in [1.54, 1.807) is 28.8 Å². The van der Waals surface area contributed by atoms with Gasteiger partial charge in [0, 0.05) is 25.0 Å². The fourth-order valence-electron chi connectivity index (χ4n) is 3.45. The van der Waals surface area contributed by atoms with Crippen molar-refractivity contribution in [2.45, 2.75) is 18.4 Å². The van der Waals surface area contributed by atoms with Crippen LogP contribution in [0, 0.1) is 0 Å². The maximum atomic E-state index is 13.0. The van der Waals surface area contributed by atoms with Crippen LogP contribution < -0.4 is 5.32 Å². The molecule has 1 aliphatic rings. The molecule has 1 aliphatic heterocycles. The summed E-state index contributed by atoms with van der Waals surface area (Å²) in [5.41, 5.74) is 1.40. The summed E-state index contributed by atoms with van der Waals surface area (Å²) in [6, 6.07) is 12.4. The predicted molar refractivity (Wildman–Crippen MR) is 99.6 cm³/mol. The minimum atomic E-state index is -0.693. The normalized spacial score (nSPS) is 16.3. The van der Waals surface area contributed by atoms with E-state index in [2.05, 4.69) is 10.3 Å². The molecular formula is C20H21N3O4. The quantitative estimate of drug-likeness (QED) is 0.655. The van der Waals surface area contributed by atoms with Crippen LogP contribution in [0.15, 0.2) is 48.7 Å². The van der Waals surface area contributed by atoms with Gasteiger partial charge in [0.25, 0.3) is 5.91 Å². The first-order chi connectivity index (χ1) is 13.1. The highest BCUT2D eigenvalue weighted by atomic mass is 16.5. The fraction of sp³-hybridized carbons (Fsp3) is 0.300. The van der Waals surface area contributed by atoms with Crippen LogP contribution in [0.25, 0.3) is 16.8 Å². The second kappa shape index (κ2) is 7.02. The summed E-state index contributed by atoms with van der Waals surface area (Å²) in [7, 11) is 0. The molecule has 1 fully saturated rings. The van der Waals surface area contributed by atoms with E-state index in [4.69, 9.17) is 4.74 Å². The highest BCUT2D eigenvalue weighted by Gasteiger charge is 2.35. The second-order valence-corrected chi connectivity index (χ2v) is 6.80. The van der Waals surface area contributed by atoms with Gasteiger partial charge in [-0.1, -0.05) is 18.2 Å². The Kier molecular flexibility index (Phi) is 4.55. The molecule has 140 valence electrons. The number of rotatable bonds is 4. The smallest absolute Gasteiger partial charge is 0.288 e. The number of ether oxygens (including phenoxy) is 1. The van der Waals surface area contributed by atoms with Crippen molar-refractivity contribution in [3.63, 3.8) is 0 Å². The fourth-order valence-corrected chi connectivity index (χ4v) is 3.45. The molecule has 0 radical (unpaired) electrons. The van der Waals surface area contributed by atoms with E-state index in [1.165, 1.54) is 0 Å². The van der Waals surface area contributed by atoms with Crippen molar-refractivity contribution in [1.29, 1.82) is 0 Å². The van der Waals surface area contributed by atoms with Crippen molar-refractivity contribution < 1.29 is 19.7 Å². The van der Waals surface area contributed by atoms with Gasteiger partial charge >= 0.3 is 0 Å². The van der Waals surface area contributed by atoms with Gasteiger partial charge in [0.15, 0.2) is 0 Å². The lowest BCUT2D eigenvalue weighted by Gasteiger charge is -2.36. The summed E-state index contributed by atoms with van der Waals surface area (Å²) >= 11 is 0. The van der Waals surface area contributed by atoms with Crippen molar-refractivity contribution in [1.82, 2.24) is 14.7 Å². The maximum absolute atomic E-state index is 13.0. The Morgan fingerprint density at radius 1 is 1.22 bits per heavy atom. The number of imidazole rings is 1. The first-order valence-electron chi connectivity index (χ1n) is 8.89. The van der Waals surface area contributed by atoms with Gasteiger partial charge in [-0.25, -0.2) is 4.98 Å². The number of aliphatic hydroxyl groups is 1. The summed E-state index contributed by atoms with van der Waals surface area (Å²) < 4.78 is 7.07. The van der Waals surface area contributed by atoms with Gasteiger partial charge in [0.1, 0.15) is 5.75 Å². The summed E-state index contributed by atoms with van der Waals surface area (Å²) in [5, 5.41) is 22.6. The summed E-state index contributed by atoms with van der Waals surface area (Å²) in [6.45, 7) is 0.847. The maximum Gasteiger partial charge on any atom is 0.288 e. The number of carbonyl (C=O) groups is 1. The van der Waals surface area contributed by atoms with E-state index in [0.29, 0.717) is 31.7 Å². The van der Waals surface area contributed by atoms with Crippen LogP contribution in [0.1, 0.15) is 23.5 Å². The third-order valence-corrected chi connectivity index (χ3v) is 5.00. The highest BCUT2D eigenvalue weighted by Crippen LogP contribution is 2.28. The number of aromatic hydroxyl groups is 1. The van der Waals surface area contributed by atoms with E-state index in [0.717, 1.165) is 11.1 Å². The number of aromatic nitrogens is 2. The number of phenols is 1. The molecule has 3 N–H and O–H groups in total. The predicted octanol–water partition coefficient (Wildman–Crippen LogP) is 1.98. The van der Waals surface area contributed by atoms with Gasteiger partial charge in [-0.3, -0.25) is 9.20 Å². The standard InChI is InChI=1S/C20H21N3O4/c24-13-20(7-10-27-11-8-20)22-19(26)18-21-17(14-4-3-5-15(25)12-14)16-6-1-2-9-23(16)18/h1-6,9,12,24-25H,7-8,10-11,13H2,(H,22,26). The zero-order valence-corrected chi connectivity index (χ0v) is 14.8. The monoisotopic (exact) mass is 367 g/mol. The zero-order chi connectivity index (χ0) is 18.9. The number of hydrogen-bond acceptors (Lipinski definition) is 5. The van der Waals surface area contributed by atoms with Gasteiger partial charge in [-0.2, -0.15) is 0 Å². The topological polar surface area (TPSA) is 96.1 Å². The minimum absolute atomic E-state index is 0.136. The molecule has 3 heterocycles. The molecule has 27 heavy (non-hydrogen) atoms. The van der Waals surface area contributed by atoms with Gasteiger partial charge in [0.05, 0.1) is 23.4 Å². The lowest BCUT2D eigenvalue weighted by atomic mass is 9.91. The van der Waals surface area contributed by atoms with Crippen LogP contribution in [-0.4, -0.2) is 50.9 Å². The SMILES string of the molecule is O=C(NC1(CO)CCOCC1)c1nc(-c2cccc(O)c2)c2ccccn12. The van der Waals surface area contributed by atoms with Crippen molar-refractivity contribution in [3.05, 3.63) is 54.5 Å². The minimum Gasteiger partial charge on any atom is -0.508 e. The van der Waals surface area contributed by atoms with Gasteiger partial charge in [-0.15, -0.1) is 0 Å². The van der Waals surface area contributed by atoms with Crippen LogP contribution in [-0.2, 0) is 4.74 Å². The molecule has 0 unspecified atom stereocenters. The number of amides is 1. The average Bonchev–Trinajstić information content (AvgIpc) is 3.09. The van der Waals surface area contributed by atoms with E-state index >= 15 is 0 Å². The second-order valence-electron chi connectivity index (χ2n) is 6.80. The Morgan fingerprint density at radius 3 is 2.78 bits per heavy atom. The first-order valence-corrected chi connectivity index (χ1v) is 8.89. The zero-order valence-electron chi connectivity index (χ0n) is 14.8. The summed E-state index contributed by atoms with van der Waals surface area (Å²) in [6.07, 6.45) is 2.88. The van der Waals surface area contributed by atoms with Crippen molar-refractivity contribution in [2.75, 3.05) is 19.8 Å². The number of benzene rings is 1. The van der Waals surface area contributed by atoms with Crippen LogP contribution in [0.2, 0.25) is 0 Å². The third-order valence-electron chi connectivity index (χ3n) is 5.00. The summed E-state index contributed by atoms with van der Waals surface area (Å²) in [5.74, 6) is 0.0267. The Hall–Kier alpha value is -2.90. The van der Waals surface area contributed by atoms with Crippen LogP contribution in [0.5, 0.6) is 5.75 Å². The van der Waals surface area contributed by atoms with Gasteiger partial charge < -0.3 is 20.3 Å². The molecule has 3 aromatic rings. The number of nitrogens with zero attached hydrogens (tertiary/aromatic N) is 2. The number of hydrogen-bond donors (Lipinski definition) is 3. The first kappa shape index (κ1) is 17.5. The largest absolute Gasteiger partial charge is 0.508 e. The molecular weight excluding hydrogens is 346 g/mol. The molecule has 0 bridgehead atoms. The van der Waals surface area contributed by atoms with Crippen LogP contribution in [0.4, 0.5) is 0 Å². The van der Waals surface area contributed by atoms with E-state index < -0.39 is 5.54 Å². The van der Waals surface area contributed by atoms with Crippen LogP contribution in [0.3, 0.4) is 0 Å². The number of nitrogens with one attached hydrogen (secondary N) is 1. The van der Waals surface area contributed by atoms with Crippen LogP contribution >= 0.6 is 0 Å². The molecule has 0 aliphatic carbocycles. The Morgan fingerprint density at radius 2 is 2.04 bits per heavy atom. The molecule has 2 aromatic heterocycles. The Labute approximate surface area is 156 Å². The van der Waals surface area contributed by atoms with E-state index in [-0.39, 0.29) is 24.1 Å². The molecule has 7 nitrogen and oxygen atoms in total. The molecule has 7 heteroatoms. The van der Waals surface area contributed by atoms with Crippen molar-refractivity contribution >= 4 is 11.4 Å². The van der Waals surface area contributed by atoms with Gasteiger partial charge in [0.2, 0.25) is 5.82 Å². The number of carbonyl (C=O) groups excluding carboxylic acids is 1. The van der Waals surface area contributed by atoms with E-state index in [9.17, 15) is 15.0 Å². The molecule has 0 atom stereocenters. The lowest BCUT2D eigenvalue weighted by Crippen LogP contribution is -2.54. The molecule has 4 rings (SSSR count). The Bertz CT molecular complexity index is 976. The van der Waals surface area contributed by atoms with Crippen molar-refractivity contribution in [3.8, 4) is 17.0 Å². The molecule has 1 saturated heterocycles. The number of fused-ring (bicyclic) bond motifs is 1. The lowest BCUT2D eigenvalue weighted by molar-refractivity contribution is 0.0123. The van der Waals surface area contributed by atoms with Gasteiger partial charge in [-0.05, 0) is 37.1 Å². The average molecular weight is 367 g/mol. The summed E-state index contributed by atoms with van der Waals surface area (Å²) in [4.78, 5) is 17.6. The third kappa shape index (κ3) is 3.27. The number of pyridine rings is 1. The number of aliphatic hydroxyl groups excluding tert-OH is 1. The highest BCUT2D eigenvalue weighted by molar-refractivity contribution is 5.95. The van der Waals surface area contributed by atoms with E-state index in [1.807, 2.05) is 24.3 Å². The Balaban J connectivity index is 1.75. The molecule has 0 saturated carbocycles. The van der Waals surface area contributed by atoms with Crippen molar-refractivity contribution in [2.24, 2.45) is 0 Å². The number of phenolic OH excluding ortho intramolecular Hbond substituents is 1. The molecule has 0 spiro atoms. The molecule has 1 amide bonds. The molecule has 1 aromatic carbocycles.